The van der Waals surface area contributed by atoms with Crippen LogP contribution in [-0.4, -0.2) is 6.61 Å². The molecule has 4 atom stereocenters. The molecule has 0 amide bonds. The smallest absolute Gasteiger partial charge is 0.119 e. The highest BCUT2D eigenvalue weighted by molar-refractivity contribution is 5.64. The van der Waals surface area contributed by atoms with E-state index in [4.69, 9.17) is 4.74 Å². The molecule has 29 heavy (non-hydrogen) atoms. The highest BCUT2D eigenvalue weighted by Gasteiger charge is 2.35. The van der Waals surface area contributed by atoms with Crippen molar-refractivity contribution < 1.29 is 4.74 Å². The minimum Gasteiger partial charge on any atom is -0.490 e. The summed E-state index contributed by atoms with van der Waals surface area (Å²) in [6, 6.07) is 17.8. The molecular formula is C28H34O. The second kappa shape index (κ2) is 9.48. The monoisotopic (exact) mass is 386 g/mol. The Bertz CT molecular complexity index is 814. The van der Waals surface area contributed by atoms with Gasteiger partial charge < -0.3 is 4.74 Å². The zero-order chi connectivity index (χ0) is 20.1. The number of allylic oxidation sites excluding steroid dienone is 2. The molecule has 2 saturated carbocycles. The van der Waals surface area contributed by atoms with Crippen molar-refractivity contribution in [1.82, 2.24) is 0 Å². The molecule has 0 heterocycles. The minimum absolute atomic E-state index is 0.627. The van der Waals surface area contributed by atoms with E-state index in [0.717, 1.165) is 29.4 Å². The van der Waals surface area contributed by atoms with Crippen LogP contribution in [0.2, 0.25) is 0 Å². The van der Waals surface area contributed by atoms with Crippen LogP contribution >= 0.6 is 0 Å². The van der Waals surface area contributed by atoms with Gasteiger partial charge in [0.25, 0.3) is 0 Å². The standard InChI is InChI=1S/C28H34O/c1-3-5-18-29-28-16-14-23(15-17-28)22-8-10-24(11-9-22)26-13-12-25-19-21(4-2)6-7-27(25)20-26/h3-5,8-11,14-17,21,25-27H,2,6-7,12-13,18-20H2,1H3/b5-3+. The summed E-state index contributed by atoms with van der Waals surface area (Å²) in [6.45, 7) is 6.67. The summed E-state index contributed by atoms with van der Waals surface area (Å²) in [7, 11) is 0. The first-order valence-electron chi connectivity index (χ1n) is 11.3. The molecule has 0 bridgehead atoms. The molecule has 2 fully saturated rings. The van der Waals surface area contributed by atoms with Crippen LogP contribution < -0.4 is 4.74 Å². The molecule has 0 aromatic heterocycles. The lowest BCUT2D eigenvalue weighted by Gasteiger charge is -2.41. The fourth-order valence-electron chi connectivity index (χ4n) is 5.37. The van der Waals surface area contributed by atoms with E-state index in [-0.39, 0.29) is 0 Å². The third kappa shape index (κ3) is 4.83. The molecule has 0 N–H and O–H groups in total. The van der Waals surface area contributed by atoms with E-state index in [0.29, 0.717) is 6.61 Å². The number of benzene rings is 2. The molecule has 4 rings (SSSR count). The highest BCUT2D eigenvalue weighted by Crippen LogP contribution is 2.47. The quantitative estimate of drug-likeness (QED) is 0.460. The molecule has 2 aliphatic carbocycles. The normalized spacial score (nSPS) is 26.8. The Kier molecular flexibility index (Phi) is 6.54. The number of rotatable bonds is 6. The van der Waals surface area contributed by atoms with Crippen LogP contribution in [0.15, 0.2) is 73.3 Å². The van der Waals surface area contributed by atoms with Gasteiger partial charge >= 0.3 is 0 Å². The second-order valence-electron chi connectivity index (χ2n) is 8.87. The second-order valence-corrected chi connectivity index (χ2v) is 8.87. The summed E-state index contributed by atoms with van der Waals surface area (Å²) >= 11 is 0. The van der Waals surface area contributed by atoms with Gasteiger partial charge in [-0.1, -0.05) is 54.6 Å². The van der Waals surface area contributed by atoms with Crippen LogP contribution in [-0.2, 0) is 0 Å². The number of fused-ring (bicyclic) bond motifs is 1. The van der Waals surface area contributed by atoms with Crippen molar-refractivity contribution in [2.75, 3.05) is 6.61 Å². The average molecular weight is 387 g/mol. The van der Waals surface area contributed by atoms with Gasteiger partial charge in [-0.2, -0.15) is 0 Å². The van der Waals surface area contributed by atoms with E-state index in [1.54, 1.807) is 0 Å². The average Bonchev–Trinajstić information content (AvgIpc) is 2.79. The van der Waals surface area contributed by atoms with Crippen molar-refractivity contribution in [3.05, 3.63) is 78.9 Å². The molecule has 0 radical (unpaired) electrons. The fraction of sp³-hybridized carbons (Fsp3) is 0.429. The zero-order valence-corrected chi connectivity index (χ0v) is 17.7. The Balaban J connectivity index is 1.37. The Morgan fingerprint density at radius 2 is 1.52 bits per heavy atom. The third-order valence-electron chi connectivity index (χ3n) is 7.14. The summed E-state index contributed by atoms with van der Waals surface area (Å²) in [5.41, 5.74) is 4.07. The molecule has 1 nitrogen and oxygen atoms in total. The third-order valence-corrected chi connectivity index (χ3v) is 7.14. The fourth-order valence-corrected chi connectivity index (χ4v) is 5.37. The van der Waals surface area contributed by atoms with Gasteiger partial charge in [0, 0.05) is 0 Å². The van der Waals surface area contributed by atoms with E-state index in [9.17, 15) is 0 Å². The number of hydrogen-bond donors (Lipinski definition) is 0. The lowest BCUT2D eigenvalue weighted by molar-refractivity contribution is 0.133. The van der Waals surface area contributed by atoms with Crippen LogP contribution in [0.3, 0.4) is 0 Å². The van der Waals surface area contributed by atoms with E-state index < -0.39 is 0 Å². The molecule has 2 aromatic rings. The van der Waals surface area contributed by atoms with Crippen LogP contribution in [0, 0.1) is 17.8 Å². The molecule has 0 aliphatic heterocycles. The Morgan fingerprint density at radius 3 is 2.21 bits per heavy atom. The van der Waals surface area contributed by atoms with Crippen molar-refractivity contribution in [2.45, 2.75) is 51.4 Å². The molecular weight excluding hydrogens is 352 g/mol. The molecule has 0 spiro atoms. The predicted molar refractivity (Wildman–Crippen MR) is 123 cm³/mol. The van der Waals surface area contributed by atoms with Crippen LogP contribution in [0.1, 0.15) is 56.9 Å². The summed E-state index contributed by atoms with van der Waals surface area (Å²) in [4.78, 5) is 0. The first-order chi connectivity index (χ1) is 14.3. The van der Waals surface area contributed by atoms with Crippen LogP contribution in [0.25, 0.3) is 11.1 Å². The van der Waals surface area contributed by atoms with Gasteiger partial charge in [0.15, 0.2) is 0 Å². The van der Waals surface area contributed by atoms with Crippen molar-refractivity contribution >= 4 is 0 Å². The number of ether oxygens (including phenoxy) is 1. The predicted octanol–water partition coefficient (Wildman–Crippen LogP) is 7.79. The lowest BCUT2D eigenvalue weighted by Crippen LogP contribution is -2.29. The van der Waals surface area contributed by atoms with Crippen molar-refractivity contribution in [1.29, 1.82) is 0 Å². The van der Waals surface area contributed by atoms with Gasteiger partial charge in [0.2, 0.25) is 0 Å². The Morgan fingerprint density at radius 1 is 0.862 bits per heavy atom. The summed E-state index contributed by atoms with van der Waals surface area (Å²) < 4.78 is 5.70. The minimum atomic E-state index is 0.627. The SMILES string of the molecule is C=CC1CCC2CC(c3ccc(-c4ccc(OC/C=C/C)cc4)cc3)CCC2C1. The van der Waals surface area contributed by atoms with Gasteiger partial charge in [0.05, 0.1) is 0 Å². The zero-order valence-electron chi connectivity index (χ0n) is 17.7. The molecule has 2 aromatic carbocycles. The van der Waals surface area contributed by atoms with Gasteiger partial charge in [-0.15, -0.1) is 6.58 Å². The van der Waals surface area contributed by atoms with Crippen LogP contribution in [0.4, 0.5) is 0 Å². The maximum atomic E-state index is 5.70. The molecule has 152 valence electrons. The topological polar surface area (TPSA) is 9.23 Å². The number of hydrogen-bond acceptors (Lipinski definition) is 1. The van der Waals surface area contributed by atoms with Crippen molar-refractivity contribution in [2.24, 2.45) is 17.8 Å². The van der Waals surface area contributed by atoms with Gasteiger partial charge in [-0.05, 0) is 97.9 Å². The summed E-state index contributed by atoms with van der Waals surface area (Å²) in [6.07, 6.45) is 14.5. The summed E-state index contributed by atoms with van der Waals surface area (Å²) in [5.74, 6) is 4.31. The highest BCUT2D eigenvalue weighted by atomic mass is 16.5. The van der Waals surface area contributed by atoms with E-state index in [2.05, 4.69) is 61.2 Å². The van der Waals surface area contributed by atoms with E-state index in [1.165, 1.54) is 55.2 Å². The van der Waals surface area contributed by atoms with Crippen molar-refractivity contribution in [3.63, 3.8) is 0 Å². The summed E-state index contributed by atoms with van der Waals surface area (Å²) in [5, 5.41) is 0. The Labute approximate surface area is 176 Å². The van der Waals surface area contributed by atoms with Gasteiger partial charge in [0.1, 0.15) is 12.4 Å². The lowest BCUT2D eigenvalue weighted by atomic mass is 9.64. The van der Waals surface area contributed by atoms with E-state index >= 15 is 0 Å². The molecule has 1 heteroatoms. The Hall–Kier alpha value is -2.28. The molecule has 4 unspecified atom stereocenters. The maximum absolute atomic E-state index is 5.70. The molecule has 0 saturated heterocycles. The first kappa shape index (κ1) is 20.0. The first-order valence-corrected chi connectivity index (χ1v) is 11.3. The maximum Gasteiger partial charge on any atom is 0.119 e. The van der Waals surface area contributed by atoms with Gasteiger partial charge in [-0.25, -0.2) is 0 Å². The van der Waals surface area contributed by atoms with E-state index in [1.807, 2.05) is 19.1 Å². The van der Waals surface area contributed by atoms with Crippen molar-refractivity contribution in [3.8, 4) is 16.9 Å². The van der Waals surface area contributed by atoms with Gasteiger partial charge in [-0.3, -0.25) is 0 Å². The molecule has 2 aliphatic rings. The van der Waals surface area contributed by atoms with Crippen LogP contribution in [0.5, 0.6) is 5.75 Å². The largest absolute Gasteiger partial charge is 0.490 e.